The molecule has 0 spiro atoms. The summed E-state index contributed by atoms with van der Waals surface area (Å²) >= 11 is 0. The second-order valence-corrected chi connectivity index (χ2v) is 7.18. The highest BCUT2D eigenvalue weighted by atomic mass is 16.6. The van der Waals surface area contributed by atoms with E-state index >= 15 is 0 Å². The molecule has 0 unspecified atom stereocenters. The van der Waals surface area contributed by atoms with Crippen molar-refractivity contribution in [3.8, 4) is 0 Å². The predicted molar refractivity (Wildman–Crippen MR) is 87.8 cm³/mol. The highest BCUT2D eigenvalue weighted by molar-refractivity contribution is 5.68. The van der Waals surface area contributed by atoms with Crippen LogP contribution in [0.4, 0.5) is 4.79 Å². The van der Waals surface area contributed by atoms with Gasteiger partial charge in [0.05, 0.1) is 0 Å². The van der Waals surface area contributed by atoms with Gasteiger partial charge in [-0.2, -0.15) is 0 Å². The number of carbonyl (C=O) groups excluding carboxylic acids is 1. The Morgan fingerprint density at radius 3 is 2.82 bits per heavy atom. The molecular formula is C17H29N3O2. The number of H-pyrrole nitrogens is 1. The van der Waals surface area contributed by atoms with Crippen molar-refractivity contribution >= 4 is 6.09 Å². The first kappa shape index (κ1) is 16.9. The predicted octanol–water partition coefficient (Wildman–Crippen LogP) is 3.41. The SMILES string of the molecule is C[C@H](c1ccc[nH]1)N1CCC[C@@H](N(C)C(=O)OC(C)(C)C)C1. The van der Waals surface area contributed by atoms with Gasteiger partial charge in [-0.05, 0) is 59.2 Å². The van der Waals surface area contributed by atoms with Crippen LogP contribution in [0, 0.1) is 0 Å². The number of nitrogens with one attached hydrogen (secondary N) is 1. The molecule has 1 N–H and O–H groups in total. The van der Waals surface area contributed by atoms with Crippen molar-refractivity contribution in [1.82, 2.24) is 14.8 Å². The van der Waals surface area contributed by atoms with Crippen LogP contribution in [0.2, 0.25) is 0 Å². The van der Waals surface area contributed by atoms with Gasteiger partial charge in [-0.1, -0.05) is 0 Å². The van der Waals surface area contributed by atoms with Crippen molar-refractivity contribution < 1.29 is 9.53 Å². The molecule has 0 radical (unpaired) electrons. The number of likely N-dealkylation sites (tertiary alicyclic amines) is 1. The molecule has 1 aliphatic rings. The molecule has 124 valence electrons. The standard InChI is InChI=1S/C17H29N3O2/c1-13(15-9-6-10-18-15)20-11-7-8-14(12-20)19(5)16(21)22-17(2,3)4/h6,9-10,13-14,18H,7-8,11-12H2,1-5H3/t13-,14-/m1/s1. The Balaban J connectivity index is 1.96. The summed E-state index contributed by atoms with van der Waals surface area (Å²) in [5.74, 6) is 0. The number of hydrogen-bond acceptors (Lipinski definition) is 3. The number of nitrogens with zero attached hydrogens (tertiary/aromatic N) is 2. The van der Waals surface area contributed by atoms with Gasteiger partial charge in [0.1, 0.15) is 5.60 Å². The molecule has 0 bridgehead atoms. The van der Waals surface area contributed by atoms with Gasteiger partial charge in [-0.15, -0.1) is 0 Å². The minimum Gasteiger partial charge on any atom is -0.444 e. The number of aromatic amines is 1. The lowest BCUT2D eigenvalue weighted by atomic mass is 10.0. The summed E-state index contributed by atoms with van der Waals surface area (Å²) in [5.41, 5.74) is 0.776. The van der Waals surface area contributed by atoms with Crippen LogP contribution < -0.4 is 0 Å². The van der Waals surface area contributed by atoms with E-state index < -0.39 is 5.60 Å². The zero-order chi connectivity index (χ0) is 16.3. The average molecular weight is 307 g/mol. The lowest BCUT2D eigenvalue weighted by Gasteiger charge is -2.40. The van der Waals surface area contributed by atoms with Crippen molar-refractivity contribution in [3.63, 3.8) is 0 Å². The zero-order valence-electron chi connectivity index (χ0n) is 14.4. The smallest absolute Gasteiger partial charge is 0.410 e. The number of ether oxygens (including phenoxy) is 1. The summed E-state index contributed by atoms with van der Waals surface area (Å²) in [7, 11) is 1.85. The highest BCUT2D eigenvalue weighted by Gasteiger charge is 2.31. The van der Waals surface area contributed by atoms with Crippen LogP contribution in [0.25, 0.3) is 0 Å². The topological polar surface area (TPSA) is 48.6 Å². The van der Waals surface area contributed by atoms with E-state index in [2.05, 4.69) is 22.9 Å². The largest absolute Gasteiger partial charge is 0.444 e. The minimum atomic E-state index is -0.447. The van der Waals surface area contributed by atoms with Crippen LogP contribution in [0.3, 0.4) is 0 Å². The van der Waals surface area contributed by atoms with Crippen LogP contribution >= 0.6 is 0 Å². The quantitative estimate of drug-likeness (QED) is 0.931. The normalized spacial score (nSPS) is 21.4. The summed E-state index contributed by atoms with van der Waals surface area (Å²) in [6.07, 6.45) is 3.86. The van der Waals surface area contributed by atoms with E-state index in [1.807, 2.05) is 40.1 Å². The molecular weight excluding hydrogens is 278 g/mol. The van der Waals surface area contributed by atoms with Crippen LogP contribution in [0.15, 0.2) is 18.3 Å². The number of aromatic nitrogens is 1. The third-order valence-corrected chi connectivity index (χ3v) is 4.28. The van der Waals surface area contributed by atoms with Crippen LogP contribution in [-0.2, 0) is 4.74 Å². The monoisotopic (exact) mass is 307 g/mol. The summed E-state index contributed by atoms with van der Waals surface area (Å²) in [6.45, 7) is 9.87. The van der Waals surface area contributed by atoms with Gasteiger partial charge in [0.2, 0.25) is 0 Å². The Hall–Kier alpha value is -1.49. The van der Waals surface area contributed by atoms with E-state index in [-0.39, 0.29) is 12.1 Å². The van der Waals surface area contributed by atoms with E-state index in [0.29, 0.717) is 6.04 Å². The van der Waals surface area contributed by atoms with Crippen LogP contribution in [-0.4, -0.2) is 52.7 Å². The third kappa shape index (κ3) is 4.26. The number of likely N-dealkylation sites (N-methyl/N-ethyl adjacent to an activating group) is 1. The van der Waals surface area contributed by atoms with Crippen molar-refractivity contribution in [2.75, 3.05) is 20.1 Å². The molecule has 0 aromatic carbocycles. The average Bonchev–Trinajstić information content (AvgIpc) is 2.98. The van der Waals surface area contributed by atoms with Crippen molar-refractivity contribution in [3.05, 3.63) is 24.0 Å². The maximum atomic E-state index is 12.2. The maximum absolute atomic E-state index is 12.2. The van der Waals surface area contributed by atoms with Gasteiger partial charge in [-0.3, -0.25) is 4.90 Å². The molecule has 1 fully saturated rings. The first-order valence-corrected chi connectivity index (χ1v) is 8.11. The Morgan fingerprint density at radius 1 is 1.50 bits per heavy atom. The second kappa shape index (κ2) is 6.73. The molecule has 5 nitrogen and oxygen atoms in total. The Morgan fingerprint density at radius 2 is 2.23 bits per heavy atom. The third-order valence-electron chi connectivity index (χ3n) is 4.28. The summed E-state index contributed by atoms with van der Waals surface area (Å²) in [6, 6.07) is 4.69. The van der Waals surface area contributed by atoms with Gasteiger partial charge < -0.3 is 14.6 Å². The molecule has 1 aromatic rings. The lowest BCUT2D eigenvalue weighted by Crippen LogP contribution is -2.50. The number of rotatable bonds is 3. The molecule has 2 atom stereocenters. The molecule has 1 saturated heterocycles. The maximum Gasteiger partial charge on any atom is 0.410 e. The fourth-order valence-electron chi connectivity index (χ4n) is 2.93. The fraction of sp³-hybridized carbons (Fsp3) is 0.706. The molecule has 1 aromatic heterocycles. The molecule has 1 aliphatic heterocycles. The van der Waals surface area contributed by atoms with E-state index in [0.717, 1.165) is 25.9 Å². The second-order valence-electron chi connectivity index (χ2n) is 7.18. The van der Waals surface area contributed by atoms with Crippen molar-refractivity contribution in [2.45, 2.75) is 58.2 Å². The minimum absolute atomic E-state index is 0.209. The van der Waals surface area contributed by atoms with Crippen molar-refractivity contribution in [2.24, 2.45) is 0 Å². The summed E-state index contributed by atoms with van der Waals surface area (Å²) in [5, 5.41) is 0. The first-order valence-electron chi connectivity index (χ1n) is 8.11. The molecule has 2 heterocycles. The van der Waals surface area contributed by atoms with E-state index in [9.17, 15) is 4.79 Å². The lowest BCUT2D eigenvalue weighted by molar-refractivity contribution is 0.0104. The summed E-state index contributed by atoms with van der Waals surface area (Å²) < 4.78 is 5.48. The van der Waals surface area contributed by atoms with Crippen molar-refractivity contribution in [1.29, 1.82) is 0 Å². The number of amides is 1. The number of piperidine rings is 1. The van der Waals surface area contributed by atoms with Gasteiger partial charge in [0.15, 0.2) is 0 Å². The van der Waals surface area contributed by atoms with E-state index in [1.165, 1.54) is 5.69 Å². The fourth-order valence-corrected chi connectivity index (χ4v) is 2.93. The van der Waals surface area contributed by atoms with E-state index in [4.69, 9.17) is 4.74 Å². The molecule has 1 amide bonds. The zero-order valence-corrected chi connectivity index (χ0v) is 14.4. The van der Waals surface area contributed by atoms with Crippen LogP contribution in [0.1, 0.15) is 52.3 Å². The number of hydrogen-bond donors (Lipinski definition) is 1. The van der Waals surface area contributed by atoms with Crippen LogP contribution in [0.5, 0.6) is 0 Å². The Bertz CT molecular complexity index is 479. The highest BCUT2D eigenvalue weighted by Crippen LogP contribution is 2.25. The Kier molecular flexibility index (Phi) is 5.16. The molecule has 2 rings (SSSR count). The van der Waals surface area contributed by atoms with Gasteiger partial charge in [0.25, 0.3) is 0 Å². The van der Waals surface area contributed by atoms with Gasteiger partial charge >= 0.3 is 6.09 Å². The molecule has 0 saturated carbocycles. The number of carbonyl (C=O) groups is 1. The van der Waals surface area contributed by atoms with E-state index in [1.54, 1.807) is 4.90 Å². The van der Waals surface area contributed by atoms with Gasteiger partial charge in [0, 0.05) is 37.6 Å². The molecule has 0 aliphatic carbocycles. The molecule has 5 heteroatoms. The summed E-state index contributed by atoms with van der Waals surface area (Å²) in [4.78, 5) is 19.7. The van der Waals surface area contributed by atoms with Gasteiger partial charge in [-0.25, -0.2) is 4.79 Å². The Labute approximate surface area is 133 Å². The first-order chi connectivity index (χ1) is 10.3. The molecule has 22 heavy (non-hydrogen) atoms.